The first-order chi connectivity index (χ1) is 19.0. The molecule has 1 aliphatic rings. The molecule has 0 fully saturated rings. The minimum Gasteiger partial charge on any atom is -0.494 e. The topological polar surface area (TPSA) is 85.7 Å². The molecule has 5 rings (SSSR count). The fraction of sp³-hybridized carbons (Fsp3) is 0.323. The van der Waals surface area contributed by atoms with E-state index in [0.29, 0.717) is 31.9 Å². The quantitative estimate of drug-likeness (QED) is 0.245. The van der Waals surface area contributed by atoms with E-state index in [2.05, 4.69) is 10.3 Å². The number of carbonyl (C=O) groups is 1. The monoisotopic (exact) mass is 598 g/mol. The summed E-state index contributed by atoms with van der Waals surface area (Å²) < 4.78 is 13.4. The number of amides is 1. The molecule has 1 unspecified atom stereocenters. The van der Waals surface area contributed by atoms with Gasteiger partial charge < -0.3 is 24.3 Å². The maximum Gasteiger partial charge on any atom is 0.257 e. The van der Waals surface area contributed by atoms with Crippen LogP contribution in [0.3, 0.4) is 0 Å². The number of nitrogens with one attached hydrogen (secondary N) is 1. The number of likely N-dealkylation sites (N-methyl/N-ethyl adjacent to an activating group) is 1. The Hall–Kier alpha value is -3.59. The van der Waals surface area contributed by atoms with Gasteiger partial charge in [-0.05, 0) is 66.4 Å². The SMILES string of the molecule is CN(CCNC(CCCOc1ccc2c(ccc(=O)n2C)c1)c1ccncc1)C(=O)c1cccc2c1OCC2.Cl.Cl. The van der Waals surface area contributed by atoms with Crippen molar-refractivity contribution in [3.8, 4) is 11.5 Å². The van der Waals surface area contributed by atoms with E-state index in [9.17, 15) is 9.59 Å². The summed E-state index contributed by atoms with van der Waals surface area (Å²) in [5.74, 6) is 1.48. The number of halogens is 2. The maximum atomic E-state index is 13.1. The number of aryl methyl sites for hydroxylation is 1. The van der Waals surface area contributed by atoms with Crippen LogP contribution in [0, 0.1) is 0 Å². The molecule has 218 valence electrons. The smallest absolute Gasteiger partial charge is 0.257 e. The molecule has 0 spiro atoms. The second-order valence-corrected chi connectivity index (χ2v) is 9.85. The van der Waals surface area contributed by atoms with Crippen LogP contribution >= 0.6 is 24.8 Å². The fourth-order valence-corrected chi connectivity index (χ4v) is 5.01. The summed E-state index contributed by atoms with van der Waals surface area (Å²) in [5, 5.41) is 4.59. The van der Waals surface area contributed by atoms with E-state index in [1.165, 1.54) is 0 Å². The molecule has 10 heteroatoms. The highest BCUT2D eigenvalue weighted by Crippen LogP contribution is 2.30. The van der Waals surface area contributed by atoms with E-state index in [4.69, 9.17) is 9.47 Å². The minimum absolute atomic E-state index is 0. The Bertz CT molecular complexity index is 1510. The predicted octanol–water partition coefficient (Wildman–Crippen LogP) is 4.97. The molecule has 0 radical (unpaired) electrons. The third-order valence-electron chi connectivity index (χ3n) is 7.24. The van der Waals surface area contributed by atoms with Crippen molar-refractivity contribution in [1.82, 2.24) is 19.8 Å². The number of para-hydroxylation sites is 1. The van der Waals surface area contributed by atoms with E-state index >= 15 is 0 Å². The van der Waals surface area contributed by atoms with E-state index in [1.807, 2.05) is 61.6 Å². The van der Waals surface area contributed by atoms with E-state index in [-0.39, 0.29) is 42.3 Å². The second kappa shape index (κ2) is 14.9. The molecule has 1 amide bonds. The largest absolute Gasteiger partial charge is 0.494 e. The zero-order valence-corrected chi connectivity index (χ0v) is 24.9. The summed E-state index contributed by atoms with van der Waals surface area (Å²) in [4.78, 5) is 30.8. The van der Waals surface area contributed by atoms with Gasteiger partial charge in [-0.25, -0.2) is 0 Å². The molecule has 3 heterocycles. The Kier molecular flexibility index (Phi) is 11.6. The highest BCUT2D eigenvalue weighted by Gasteiger charge is 2.22. The standard InChI is InChI=1S/C31H34N4O4.2ClH/c1-34(31(37)26-6-3-5-23-14-20-39-30(23)26)18-17-33-27(22-12-15-32-16-13-22)7-4-19-38-25-9-10-28-24(21-25)8-11-29(36)35(28)2;;/h3,5-6,8-13,15-16,21,27,33H,4,7,14,17-20H2,1-2H3;2*1H. The third kappa shape index (κ3) is 7.58. The summed E-state index contributed by atoms with van der Waals surface area (Å²) in [5.41, 5.74) is 3.73. The molecule has 1 aliphatic heterocycles. The first-order valence-corrected chi connectivity index (χ1v) is 13.4. The molecule has 4 aromatic rings. The number of rotatable bonds is 11. The number of fused-ring (bicyclic) bond motifs is 2. The minimum atomic E-state index is -0.0287. The van der Waals surface area contributed by atoms with Gasteiger partial charge in [0.25, 0.3) is 11.5 Å². The predicted molar refractivity (Wildman–Crippen MR) is 166 cm³/mol. The zero-order valence-electron chi connectivity index (χ0n) is 23.2. The summed E-state index contributed by atoms with van der Waals surface area (Å²) in [6.45, 7) is 2.41. The van der Waals surface area contributed by atoms with Gasteiger partial charge in [0.2, 0.25) is 0 Å². The first-order valence-electron chi connectivity index (χ1n) is 13.4. The van der Waals surface area contributed by atoms with Gasteiger partial charge in [0.1, 0.15) is 11.5 Å². The van der Waals surface area contributed by atoms with Crippen LogP contribution in [0.4, 0.5) is 0 Å². The molecule has 8 nitrogen and oxygen atoms in total. The van der Waals surface area contributed by atoms with Gasteiger partial charge >= 0.3 is 0 Å². The molecule has 0 saturated heterocycles. The van der Waals surface area contributed by atoms with Gasteiger partial charge in [0, 0.05) is 63.5 Å². The molecule has 0 saturated carbocycles. The number of benzene rings is 2. The molecule has 1 atom stereocenters. The Balaban J connectivity index is 0.00000231. The average molecular weight is 600 g/mol. The summed E-state index contributed by atoms with van der Waals surface area (Å²) in [6, 6.07) is 19.1. The number of nitrogens with zero attached hydrogens (tertiary/aromatic N) is 3. The van der Waals surface area contributed by atoms with E-state index < -0.39 is 0 Å². The molecule has 2 aromatic carbocycles. The van der Waals surface area contributed by atoms with Gasteiger partial charge in [-0.1, -0.05) is 12.1 Å². The molecule has 2 aromatic heterocycles. The number of hydrogen-bond acceptors (Lipinski definition) is 6. The van der Waals surface area contributed by atoms with Gasteiger partial charge in [0.05, 0.1) is 24.3 Å². The highest BCUT2D eigenvalue weighted by atomic mass is 35.5. The van der Waals surface area contributed by atoms with Crippen LogP contribution in [0.25, 0.3) is 10.9 Å². The number of carbonyl (C=O) groups excluding carboxylic acids is 1. The molecule has 0 bridgehead atoms. The van der Waals surface area contributed by atoms with Crippen molar-refractivity contribution in [3.05, 3.63) is 100 Å². The summed E-state index contributed by atoms with van der Waals surface area (Å²) >= 11 is 0. The zero-order chi connectivity index (χ0) is 27.2. The van der Waals surface area contributed by atoms with E-state index in [0.717, 1.165) is 52.8 Å². The number of aromatic nitrogens is 2. The van der Waals surface area contributed by atoms with Crippen LogP contribution < -0.4 is 20.3 Å². The van der Waals surface area contributed by atoms with Crippen LogP contribution in [0.1, 0.15) is 40.4 Å². The molecule has 1 N–H and O–H groups in total. The van der Waals surface area contributed by atoms with Crippen LogP contribution in [0.15, 0.2) is 77.9 Å². The lowest BCUT2D eigenvalue weighted by molar-refractivity contribution is 0.0791. The van der Waals surface area contributed by atoms with Crippen molar-refractivity contribution in [3.63, 3.8) is 0 Å². The molecular formula is C31H36Cl2N4O4. The van der Waals surface area contributed by atoms with Gasteiger partial charge in [-0.3, -0.25) is 14.6 Å². The van der Waals surface area contributed by atoms with Crippen molar-refractivity contribution < 1.29 is 14.3 Å². The molecular weight excluding hydrogens is 563 g/mol. The van der Waals surface area contributed by atoms with Gasteiger partial charge in [-0.2, -0.15) is 0 Å². The Morgan fingerprint density at radius 3 is 2.73 bits per heavy atom. The van der Waals surface area contributed by atoms with Crippen molar-refractivity contribution in [2.24, 2.45) is 7.05 Å². The summed E-state index contributed by atoms with van der Waals surface area (Å²) in [7, 11) is 3.60. The van der Waals surface area contributed by atoms with Gasteiger partial charge in [-0.15, -0.1) is 24.8 Å². The number of hydrogen-bond donors (Lipinski definition) is 1. The third-order valence-corrected chi connectivity index (χ3v) is 7.24. The Labute approximate surface area is 252 Å². The van der Waals surface area contributed by atoms with Crippen molar-refractivity contribution in [1.29, 1.82) is 0 Å². The van der Waals surface area contributed by atoms with Crippen molar-refractivity contribution in [2.75, 3.05) is 33.4 Å². The normalized spacial score (nSPS) is 12.4. The average Bonchev–Trinajstić information content (AvgIpc) is 3.45. The summed E-state index contributed by atoms with van der Waals surface area (Å²) in [6.07, 6.45) is 6.15. The van der Waals surface area contributed by atoms with Crippen LogP contribution in [-0.2, 0) is 13.5 Å². The van der Waals surface area contributed by atoms with Gasteiger partial charge in [0.15, 0.2) is 0 Å². The lowest BCUT2D eigenvalue weighted by atomic mass is 10.0. The van der Waals surface area contributed by atoms with Crippen LogP contribution in [0.5, 0.6) is 11.5 Å². The lowest BCUT2D eigenvalue weighted by Crippen LogP contribution is -2.35. The number of ether oxygens (including phenoxy) is 2. The molecule has 0 aliphatic carbocycles. The Morgan fingerprint density at radius 1 is 1.12 bits per heavy atom. The van der Waals surface area contributed by atoms with Crippen molar-refractivity contribution >= 4 is 41.6 Å². The first kappa shape index (κ1) is 31.9. The Morgan fingerprint density at radius 2 is 1.93 bits per heavy atom. The van der Waals surface area contributed by atoms with Crippen LogP contribution in [-0.4, -0.2) is 53.7 Å². The number of pyridine rings is 2. The maximum absolute atomic E-state index is 13.1. The highest BCUT2D eigenvalue weighted by molar-refractivity contribution is 5.97. The van der Waals surface area contributed by atoms with E-state index in [1.54, 1.807) is 35.0 Å². The molecule has 41 heavy (non-hydrogen) atoms. The van der Waals surface area contributed by atoms with Crippen LogP contribution in [0.2, 0.25) is 0 Å². The second-order valence-electron chi connectivity index (χ2n) is 9.85. The van der Waals surface area contributed by atoms with Crippen molar-refractivity contribution in [2.45, 2.75) is 25.3 Å². The fourth-order valence-electron chi connectivity index (χ4n) is 5.01. The lowest BCUT2D eigenvalue weighted by Gasteiger charge is -2.23.